The van der Waals surface area contributed by atoms with Crippen LogP contribution in [0.4, 0.5) is 0 Å². The zero-order valence-corrected chi connectivity index (χ0v) is 16.6. The maximum atomic E-state index is 13.1. The Kier molecular flexibility index (Phi) is 6.94. The largest absolute Gasteiger partial charge is 0.303 e. The van der Waals surface area contributed by atoms with Gasteiger partial charge in [0.05, 0.1) is 9.79 Å². The Hall–Kier alpha value is -1.74. The summed E-state index contributed by atoms with van der Waals surface area (Å²) in [6.45, 7) is 5.50. The SMILES string of the molecule is CCN(CC)CCN(S(=O)(=O)c1ccccc1)S(=O)(=O)c1ccccc1. The van der Waals surface area contributed by atoms with Gasteiger partial charge in [0.25, 0.3) is 20.0 Å². The monoisotopic (exact) mass is 396 g/mol. The van der Waals surface area contributed by atoms with Gasteiger partial charge >= 0.3 is 0 Å². The van der Waals surface area contributed by atoms with Crippen LogP contribution in [0, 0.1) is 0 Å². The van der Waals surface area contributed by atoms with Crippen LogP contribution in [-0.2, 0) is 20.0 Å². The van der Waals surface area contributed by atoms with Crippen molar-refractivity contribution in [1.82, 2.24) is 8.61 Å². The molecule has 0 spiro atoms. The Morgan fingerprint density at radius 2 is 1.04 bits per heavy atom. The Morgan fingerprint density at radius 1 is 0.654 bits per heavy atom. The molecule has 0 amide bonds. The first-order chi connectivity index (χ1) is 12.3. The molecule has 2 aromatic rings. The average molecular weight is 397 g/mol. The summed E-state index contributed by atoms with van der Waals surface area (Å²) in [5.41, 5.74) is 0. The van der Waals surface area contributed by atoms with Gasteiger partial charge in [-0.15, -0.1) is 0 Å². The van der Waals surface area contributed by atoms with Gasteiger partial charge in [-0.25, -0.2) is 16.8 Å². The van der Waals surface area contributed by atoms with Crippen molar-refractivity contribution in [3.63, 3.8) is 0 Å². The van der Waals surface area contributed by atoms with Crippen molar-refractivity contribution in [3.05, 3.63) is 60.7 Å². The van der Waals surface area contributed by atoms with Crippen molar-refractivity contribution >= 4 is 20.0 Å². The van der Waals surface area contributed by atoms with Crippen LogP contribution in [0.3, 0.4) is 0 Å². The summed E-state index contributed by atoms with van der Waals surface area (Å²) in [5, 5.41) is 0. The fourth-order valence-electron chi connectivity index (χ4n) is 2.55. The molecule has 0 aliphatic carbocycles. The van der Waals surface area contributed by atoms with E-state index in [1.807, 2.05) is 18.7 Å². The standard InChI is InChI=1S/C18H24N2O4S2/c1-3-19(4-2)15-16-20(25(21,22)17-11-7-5-8-12-17)26(23,24)18-13-9-6-10-14-18/h5-14H,3-4,15-16H2,1-2H3. The molecule has 2 aromatic carbocycles. The third-order valence-electron chi connectivity index (χ3n) is 4.11. The molecule has 0 radical (unpaired) electrons. The summed E-state index contributed by atoms with van der Waals surface area (Å²) in [4.78, 5) is 1.90. The van der Waals surface area contributed by atoms with E-state index in [9.17, 15) is 16.8 Å². The third-order valence-corrected chi connectivity index (χ3v) is 8.46. The maximum Gasteiger partial charge on any atom is 0.256 e. The fraction of sp³-hybridized carbons (Fsp3) is 0.333. The lowest BCUT2D eigenvalue weighted by atomic mass is 10.4. The lowest BCUT2D eigenvalue weighted by molar-refractivity contribution is 0.294. The first-order valence-corrected chi connectivity index (χ1v) is 11.3. The van der Waals surface area contributed by atoms with E-state index in [1.54, 1.807) is 36.4 Å². The number of likely N-dealkylation sites (N-methyl/N-ethyl adjacent to an activating group) is 1. The minimum Gasteiger partial charge on any atom is -0.303 e. The Morgan fingerprint density at radius 3 is 1.38 bits per heavy atom. The van der Waals surface area contributed by atoms with E-state index in [-0.39, 0.29) is 16.3 Å². The second kappa shape index (κ2) is 8.77. The number of benzene rings is 2. The van der Waals surface area contributed by atoms with Crippen LogP contribution in [0.5, 0.6) is 0 Å². The second-order valence-electron chi connectivity index (χ2n) is 5.66. The van der Waals surface area contributed by atoms with Gasteiger partial charge in [-0.05, 0) is 37.4 Å². The second-order valence-corrected chi connectivity index (χ2v) is 9.62. The normalized spacial score (nSPS) is 12.6. The highest BCUT2D eigenvalue weighted by molar-refractivity contribution is 8.04. The molecule has 0 bridgehead atoms. The molecule has 0 atom stereocenters. The van der Waals surface area contributed by atoms with Crippen LogP contribution < -0.4 is 0 Å². The zero-order valence-electron chi connectivity index (χ0n) is 14.9. The molecule has 0 N–H and O–H groups in total. The Bertz CT molecular complexity index is 825. The molecule has 2 rings (SSSR count). The molecule has 8 heteroatoms. The highest BCUT2D eigenvalue weighted by Gasteiger charge is 2.36. The molecule has 0 aliphatic rings. The highest BCUT2D eigenvalue weighted by Crippen LogP contribution is 2.24. The van der Waals surface area contributed by atoms with Gasteiger partial charge in [0.2, 0.25) is 0 Å². The molecule has 0 saturated carbocycles. The van der Waals surface area contributed by atoms with Crippen molar-refractivity contribution in [1.29, 1.82) is 0 Å². The van der Waals surface area contributed by atoms with E-state index in [0.717, 1.165) is 0 Å². The molecule has 0 heterocycles. The van der Waals surface area contributed by atoms with Crippen LogP contribution >= 0.6 is 0 Å². The molecule has 6 nitrogen and oxygen atoms in total. The summed E-state index contributed by atoms with van der Waals surface area (Å²) < 4.78 is 52.9. The molecular formula is C18H24N2O4S2. The van der Waals surface area contributed by atoms with Gasteiger partial charge in [-0.3, -0.25) is 0 Å². The van der Waals surface area contributed by atoms with Gasteiger partial charge < -0.3 is 4.90 Å². The zero-order chi connectivity index (χ0) is 19.2. The van der Waals surface area contributed by atoms with Gasteiger partial charge in [0.1, 0.15) is 0 Å². The Labute approximate surface area is 156 Å². The first kappa shape index (κ1) is 20.6. The van der Waals surface area contributed by atoms with E-state index >= 15 is 0 Å². The van der Waals surface area contributed by atoms with Crippen molar-refractivity contribution in [2.45, 2.75) is 23.6 Å². The molecule has 0 unspecified atom stereocenters. The summed E-state index contributed by atoms with van der Waals surface area (Å²) in [6, 6.07) is 15.3. The number of rotatable bonds is 9. The average Bonchev–Trinajstić information content (AvgIpc) is 2.66. The van der Waals surface area contributed by atoms with E-state index in [2.05, 4.69) is 0 Å². The van der Waals surface area contributed by atoms with Crippen LogP contribution in [0.25, 0.3) is 0 Å². The summed E-state index contributed by atoms with van der Waals surface area (Å²) in [5.74, 6) is 0. The topological polar surface area (TPSA) is 74.8 Å². The fourth-order valence-corrected chi connectivity index (χ4v) is 6.22. The molecule has 0 aromatic heterocycles. The number of nitrogens with zero attached hydrogens (tertiary/aromatic N) is 2. The first-order valence-electron chi connectivity index (χ1n) is 8.44. The smallest absolute Gasteiger partial charge is 0.256 e. The summed E-state index contributed by atoms with van der Waals surface area (Å²) in [6.07, 6.45) is 0. The summed E-state index contributed by atoms with van der Waals surface area (Å²) >= 11 is 0. The van der Waals surface area contributed by atoms with Crippen LogP contribution in [0.15, 0.2) is 70.5 Å². The van der Waals surface area contributed by atoms with Gasteiger partial charge in [-0.2, -0.15) is 0 Å². The van der Waals surface area contributed by atoms with E-state index in [4.69, 9.17) is 0 Å². The van der Waals surface area contributed by atoms with Gasteiger partial charge in [0, 0.05) is 13.1 Å². The minimum atomic E-state index is -4.20. The predicted molar refractivity (Wildman–Crippen MR) is 102 cm³/mol. The Balaban J connectivity index is 2.49. The highest BCUT2D eigenvalue weighted by atomic mass is 32.3. The lowest BCUT2D eigenvalue weighted by Crippen LogP contribution is -2.42. The number of hydrogen-bond acceptors (Lipinski definition) is 5. The molecular weight excluding hydrogens is 372 g/mol. The van der Waals surface area contributed by atoms with E-state index in [1.165, 1.54) is 24.3 Å². The van der Waals surface area contributed by atoms with Crippen molar-refractivity contribution in [3.8, 4) is 0 Å². The molecule has 0 saturated heterocycles. The third kappa shape index (κ3) is 4.50. The maximum absolute atomic E-state index is 13.1. The molecule has 0 aliphatic heterocycles. The van der Waals surface area contributed by atoms with E-state index in [0.29, 0.717) is 23.3 Å². The van der Waals surface area contributed by atoms with Crippen molar-refractivity contribution in [2.75, 3.05) is 26.2 Å². The number of sulfonamides is 2. The lowest BCUT2D eigenvalue weighted by Gasteiger charge is -2.25. The van der Waals surface area contributed by atoms with Gasteiger partial charge in [0.15, 0.2) is 0 Å². The molecule has 0 fully saturated rings. The van der Waals surface area contributed by atoms with Crippen molar-refractivity contribution in [2.24, 2.45) is 0 Å². The van der Waals surface area contributed by atoms with E-state index < -0.39 is 20.0 Å². The van der Waals surface area contributed by atoms with Crippen molar-refractivity contribution < 1.29 is 16.8 Å². The van der Waals surface area contributed by atoms with Crippen LogP contribution in [0.2, 0.25) is 0 Å². The number of hydrogen-bond donors (Lipinski definition) is 0. The minimum absolute atomic E-state index is 0.0425. The quantitative estimate of drug-likeness (QED) is 0.651. The predicted octanol–water partition coefficient (Wildman–Crippen LogP) is 2.41. The summed E-state index contributed by atoms with van der Waals surface area (Å²) in [7, 11) is -8.40. The molecule has 26 heavy (non-hydrogen) atoms. The molecule has 142 valence electrons. The van der Waals surface area contributed by atoms with Crippen LogP contribution in [0.1, 0.15) is 13.8 Å². The van der Waals surface area contributed by atoms with Crippen LogP contribution in [-0.4, -0.2) is 51.6 Å². The van der Waals surface area contributed by atoms with Gasteiger partial charge in [-0.1, -0.05) is 54.0 Å².